The number of ether oxygens (including phenoxy) is 3. The van der Waals surface area contributed by atoms with Crippen LogP contribution in [0.1, 0.15) is 98.3 Å². The summed E-state index contributed by atoms with van der Waals surface area (Å²) in [6, 6.07) is 0. The minimum Gasteiger partial charge on any atom is -0.469 e. The average Bonchev–Trinajstić information content (AvgIpc) is 3.54. The van der Waals surface area contributed by atoms with Crippen LogP contribution in [0.5, 0.6) is 0 Å². The first kappa shape index (κ1) is 28.5. The minimum absolute atomic E-state index is 0.0532. The van der Waals surface area contributed by atoms with E-state index in [1.165, 1.54) is 7.11 Å². The molecule has 3 aliphatic rings. The number of esters is 1. The van der Waals surface area contributed by atoms with Gasteiger partial charge in [0.05, 0.1) is 31.7 Å². The summed E-state index contributed by atoms with van der Waals surface area (Å²) in [6.45, 7) is 9.21. The molecule has 1 heterocycles. The van der Waals surface area contributed by atoms with Gasteiger partial charge in [-0.05, 0) is 50.0 Å². The number of rotatable bonds is 13. The van der Waals surface area contributed by atoms with Gasteiger partial charge < -0.3 is 18.6 Å². The largest absolute Gasteiger partial charge is 0.469 e. The molecule has 1 unspecified atom stereocenters. The molecule has 0 aromatic rings. The van der Waals surface area contributed by atoms with E-state index in [4.69, 9.17) is 18.6 Å². The molecule has 8 heteroatoms. The van der Waals surface area contributed by atoms with Gasteiger partial charge in [-0.25, -0.2) is 0 Å². The van der Waals surface area contributed by atoms with Crippen LogP contribution < -0.4 is 0 Å². The fourth-order valence-corrected chi connectivity index (χ4v) is 6.62. The smallest absolute Gasteiger partial charge is 0.305 e. The number of ketones is 2. The summed E-state index contributed by atoms with van der Waals surface area (Å²) in [5.41, 5.74) is -0.507. The quantitative estimate of drug-likeness (QED) is 0.158. The Kier molecular flexibility index (Phi) is 10.1. The van der Waals surface area contributed by atoms with Crippen molar-refractivity contribution in [3.8, 4) is 0 Å². The van der Waals surface area contributed by atoms with Gasteiger partial charge >= 0.3 is 5.97 Å². The second kappa shape index (κ2) is 12.4. The van der Waals surface area contributed by atoms with Gasteiger partial charge in [0, 0.05) is 17.9 Å². The lowest BCUT2D eigenvalue weighted by molar-refractivity contribution is -0.196. The average molecular weight is 511 g/mol. The van der Waals surface area contributed by atoms with Crippen LogP contribution >= 0.6 is 0 Å². The van der Waals surface area contributed by atoms with Crippen LogP contribution in [0.25, 0.3) is 0 Å². The molecule has 0 spiro atoms. The van der Waals surface area contributed by atoms with Gasteiger partial charge in [-0.1, -0.05) is 47.0 Å². The molecular formula is C27H46O7Si. The molecule has 5 atom stereocenters. The lowest BCUT2D eigenvalue weighted by atomic mass is 9.80. The summed E-state index contributed by atoms with van der Waals surface area (Å²) in [5.74, 6) is -2.15. The zero-order valence-corrected chi connectivity index (χ0v) is 23.9. The number of carbonyl (C=O) groups is 3. The van der Waals surface area contributed by atoms with E-state index < -0.39 is 33.1 Å². The second-order valence-electron chi connectivity index (χ2n) is 12.0. The van der Waals surface area contributed by atoms with Crippen molar-refractivity contribution in [1.82, 2.24) is 0 Å². The van der Waals surface area contributed by atoms with Gasteiger partial charge in [0.25, 0.3) is 0 Å². The summed E-state index contributed by atoms with van der Waals surface area (Å²) < 4.78 is 23.6. The predicted molar refractivity (Wildman–Crippen MR) is 136 cm³/mol. The van der Waals surface area contributed by atoms with E-state index >= 15 is 0 Å². The van der Waals surface area contributed by atoms with E-state index in [0.717, 1.165) is 57.8 Å². The van der Waals surface area contributed by atoms with Gasteiger partial charge in [0.1, 0.15) is 0 Å². The first-order chi connectivity index (χ1) is 16.6. The van der Waals surface area contributed by atoms with Crippen LogP contribution in [0, 0.1) is 17.3 Å². The summed E-state index contributed by atoms with van der Waals surface area (Å²) in [7, 11) is 0.421. The first-order valence-electron chi connectivity index (χ1n) is 13.6. The number of methoxy groups -OCH3 is 1. The zero-order chi connectivity index (χ0) is 25.6. The molecule has 3 fully saturated rings. The topological polar surface area (TPSA) is 88.1 Å². The first-order valence-corrected chi connectivity index (χ1v) is 14.9. The van der Waals surface area contributed by atoms with Crippen molar-refractivity contribution in [2.75, 3.05) is 13.7 Å². The SMILES string of the molecule is CCCCCC1(C(=O)C(=O)[C@@H]2[C@H](CC(=O)OC)[C@@H](O[SiH2]C(C)(C)C)C[C@H]2OC2CCCCO2)CC1. The zero-order valence-electron chi connectivity index (χ0n) is 22.4. The Hall–Kier alpha value is -1.09. The third kappa shape index (κ3) is 7.70. The van der Waals surface area contributed by atoms with Gasteiger partial charge in [-0.3, -0.25) is 14.4 Å². The van der Waals surface area contributed by atoms with Gasteiger partial charge in [-0.15, -0.1) is 0 Å². The molecule has 0 bridgehead atoms. The molecule has 7 nitrogen and oxygen atoms in total. The minimum atomic E-state index is -0.936. The molecule has 3 rings (SSSR count). The van der Waals surface area contributed by atoms with Crippen LogP contribution in [-0.2, 0) is 33.0 Å². The maximum atomic E-state index is 13.9. The Labute approximate surface area is 213 Å². The fraction of sp³-hybridized carbons (Fsp3) is 0.889. The van der Waals surface area contributed by atoms with Crippen LogP contribution in [0.15, 0.2) is 0 Å². The molecule has 0 amide bonds. The molecule has 0 aromatic carbocycles. The number of Topliss-reactive ketones (excluding diaryl/α,β-unsaturated/α-hetero) is 2. The molecule has 2 saturated carbocycles. The van der Waals surface area contributed by atoms with Crippen molar-refractivity contribution >= 4 is 27.3 Å². The number of hydrogen-bond donors (Lipinski definition) is 0. The summed E-state index contributed by atoms with van der Waals surface area (Å²) in [5, 5.41) is 0.0634. The van der Waals surface area contributed by atoms with Gasteiger partial charge in [-0.2, -0.15) is 0 Å². The monoisotopic (exact) mass is 510 g/mol. The highest BCUT2D eigenvalue weighted by Gasteiger charge is 2.57. The Morgan fingerprint density at radius 3 is 2.40 bits per heavy atom. The number of unbranched alkanes of at least 4 members (excludes halogenated alkanes) is 2. The van der Waals surface area contributed by atoms with Crippen molar-refractivity contribution < 1.29 is 33.0 Å². The van der Waals surface area contributed by atoms with Crippen LogP contribution in [-0.4, -0.2) is 59.5 Å². The van der Waals surface area contributed by atoms with Gasteiger partial charge in [0.2, 0.25) is 11.6 Å². The van der Waals surface area contributed by atoms with Crippen LogP contribution in [0.3, 0.4) is 0 Å². The van der Waals surface area contributed by atoms with E-state index in [9.17, 15) is 14.4 Å². The van der Waals surface area contributed by atoms with E-state index in [2.05, 4.69) is 27.7 Å². The maximum absolute atomic E-state index is 13.9. The van der Waals surface area contributed by atoms with E-state index in [0.29, 0.717) is 13.0 Å². The molecule has 1 aliphatic heterocycles. The Morgan fingerprint density at radius 1 is 1.09 bits per heavy atom. The molecule has 0 radical (unpaired) electrons. The highest BCUT2D eigenvalue weighted by atomic mass is 28.2. The summed E-state index contributed by atoms with van der Waals surface area (Å²) >= 11 is 0. The van der Waals surface area contributed by atoms with E-state index in [1.54, 1.807) is 0 Å². The predicted octanol–water partition coefficient (Wildman–Crippen LogP) is 4.28. The molecule has 0 aromatic heterocycles. The van der Waals surface area contributed by atoms with E-state index in [-0.39, 0.29) is 41.4 Å². The third-order valence-electron chi connectivity index (χ3n) is 7.75. The number of carbonyl (C=O) groups excluding carboxylic acids is 3. The van der Waals surface area contributed by atoms with Crippen molar-refractivity contribution in [2.45, 2.75) is 122 Å². The molecule has 200 valence electrons. The summed E-state index contributed by atoms with van der Waals surface area (Å²) in [6.07, 6.45) is 7.61. The van der Waals surface area contributed by atoms with Crippen molar-refractivity contribution in [3.05, 3.63) is 0 Å². The second-order valence-corrected chi connectivity index (χ2v) is 14.8. The molecule has 35 heavy (non-hydrogen) atoms. The molecule has 1 saturated heterocycles. The third-order valence-corrected chi connectivity index (χ3v) is 9.21. The molecule has 2 aliphatic carbocycles. The highest BCUT2D eigenvalue weighted by molar-refractivity contribution is 6.41. The Bertz CT molecular complexity index is 736. The highest BCUT2D eigenvalue weighted by Crippen LogP contribution is 2.52. The van der Waals surface area contributed by atoms with Crippen LogP contribution in [0.2, 0.25) is 5.04 Å². The maximum Gasteiger partial charge on any atom is 0.305 e. The number of hydrogen-bond acceptors (Lipinski definition) is 7. The van der Waals surface area contributed by atoms with Crippen molar-refractivity contribution in [1.29, 1.82) is 0 Å². The lowest BCUT2D eigenvalue weighted by Gasteiger charge is -2.30. The fourth-order valence-electron chi connectivity index (χ4n) is 5.52. The van der Waals surface area contributed by atoms with E-state index in [1.807, 2.05) is 0 Å². The van der Waals surface area contributed by atoms with Gasteiger partial charge in [0.15, 0.2) is 16.1 Å². The lowest BCUT2D eigenvalue weighted by Crippen LogP contribution is -2.41. The molecule has 0 N–H and O–H groups in total. The Morgan fingerprint density at radius 2 is 1.83 bits per heavy atom. The van der Waals surface area contributed by atoms with Crippen LogP contribution in [0.4, 0.5) is 0 Å². The van der Waals surface area contributed by atoms with Crippen molar-refractivity contribution in [2.24, 2.45) is 17.3 Å². The summed E-state index contributed by atoms with van der Waals surface area (Å²) in [4.78, 5) is 39.9. The molecular weight excluding hydrogens is 464 g/mol. The Balaban J connectivity index is 1.84. The standard InChI is InChI=1S/C27H46O7Si/c1-6-7-9-12-27(13-14-27)25(30)24(29)23-18(16-21(28)31-5)19(34-35-26(2,3)4)17-20(23)33-22-11-8-10-15-32-22/h18-20,22-23H,6-17,35H2,1-5H3/t18-,19+,20-,22?,23-/m1/s1. The van der Waals surface area contributed by atoms with Crippen molar-refractivity contribution in [3.63, 3.8) is 0 Å². The normalized spacial score (nSPS) is 30.5.